The molecule has 5 nitrogen and oxygen atoms in total. The number of nitrogens with two attached hydrogens (primary N) is 1. The Morgan fingerprint density at radius 3 is 2.86 bits per heavy atom. The van der Waals surface area contributed by atoms with Gasteiger partial charge < -0.3 is 5.73 Å². The second kappa shape index (κ2) is 4.52. The zero-order valence-electron chi connectivity index (χ0n) is 8.62. The molecular formula is C9H17N3O2. The molecule has 14 heavy (non-hydrogen) atoms. The maximum atomic E-state index is 11.3. The second-order valence-electron chi connectivity index (χ2n) is 3.86. The van der Waals surface area contributed by atoms with Gasteiger partial charge in [0.15, 0.2) is 0 Å². The van der Waals surface area contributed by atoms with Gasteiger partial charge in [0.2, 0.25) is 11.8 Å². The molecule has 80 valence electrons. The van der Waals surface area contributed by atoms with Gasteiger partial charge in [0.05, 0.1) is 12.6 Å². The SMILES string of the molecule is CC(CN)CN1CC(=O)NC(=O)C1C. The maximum absolute atomic E-state index is 11.3. The normalized spacial score (nSPS) is 26.1. The number of rotatable bonds is 3. The number of imide groups is 1. The van der Waals surface area contributed by atoms with E-state index < -0.39 is 0 Å². The first-order valence-corrected chi connectivity index (χ1v) is 4.82. The zero-order chi connectivity index (χ0) is 10.7. The first kappa shape index (κ1) is 11.1. The van der Waals surface area contributed by atoms with Crippen LogP contribution in [-0.2, 0) is 9.59 Å². The van der Waals surface area contributed by atoms with Crippen molar-refractivity contribution >= 4 is 11.8 Å². The fourth-order valence-corrected chi connectivity index (χ4v) is 1.47. The van der Waals surface area contributed by atoms with Crippen LogP contribution < -0.4 is 11.1 Å². The van der Waals surface area contributed by atoms with E-state index in [0.29, 0.717) is 19.0 Å². The van der Waals surface area contributed by atoms with Crippen molar-refractivity contribution in [3.63, 3.8) is 0 Å². The van der Waals surface area contributed by atoms with Crippen LogP contribution in [0.3, 0.4) is 0 Å². The molecule has 2 amide bonds. The average Bonchev–Trinajstić information content (AvgIpc) is 2.13. The van der Waals surface area contributed by atoms with Gasteiger partial charge in [0.1, 0.15) is 0 Å². The molecule has 3 N–H and O–H groups in total. The zero-order valence-corrected chi connectivity index (χ0v) is 8.62. The van der Waals surface area contributed by atoms with Crippen LogP contribution >= 0.6 is 0 Å². The molecule has 0 radical (unpaired) electrons. The van der Waals surface area contributed by atoms with Gasteiger partial charge in [0.25, 0.3) is 0 Å². The molecule has 5 heteroatoms. The molecule has 1 fully saturated rings. The van der Waals surface area contributed by atoms with Crippen LogP contribution in [0.2, 0.25) is 0 Å². The Morgan fingerprint density at radius 2 is 2.29 bits per heavy atom. The largest absolute Gasteiger partial charge is 0.330 e. The number of hydrogen-bond donors (Lipinski definition) is 2. The molecule has 0 spiro atoms. The summed E-state index contributed by atoms with van der Waals surface area (Å²) in [4.78, 5) is 24.2. The summed E-state index contributed by atoms with van der Waals surface area (Å²) in [7, 11) is 0. The van der Waals surface area contributed by atoms with Gasteiger partial charge in [-0.25, -0.2) is 0 Å². The van der Waals surface area contributed by atoms with Crippen molar-refractivity contribution in [3.05, 3.63) is 0 Å². The van der Waals surface area contributed by atoms with Gasteiger partial charge in [-0.05, 0) is 19.4 Å². The lowest BCUT2D eigenvalue weighted by molar-refractivity contribution is -0.139. The summed E-state index contributed by atoms with van der Waals surface area (Å²) in [5, 5.41) is 2.30. The van der Waals surface area contributed by atoms with E-state index in [2.05, 4.69) is 5.32 Å². The monoisotopic (exact) mass is 199 g/mol. The number of amides is 2. The van der Waals surface area contributed by atoms with E-state index in [9.17, 15) is 9.59 Å². The molecule has 1 saturated heterocycles. The summed E-state index contributed by atoms with van der Waals surface area (Å²) in [6.07, 6.45) is 0. The molecule has 2 atom stereocenters. The summed E-state index contributed by atoms with van der Waals surface area (Å²) in [5.41, 5.74) is 5.49. The van der Waals surface area contributed by atoms with E-state index >= 15 is 0 Å². The predicted molar refractivity (Wildman–Crippen MR) is 52.4 cm³/mol. The number of carbonyl (C=O) groups is 2. The van der Waals surface area contributed by atoms with Gasteiger partial charge in [-0.2, -0.15) is 0 Å². The van der Waals surface area contributed by atoms with Crippen LogP contribution in [0.4, 0.5) is 0 Å². The molecule has 1 aliphatic heterocycles. The minimum atomic E-state index is -0.235. The lowest BCUT2D eigenvalue weighted by atomic mass is 10.1. The quantitative estimate of drug-likeness (QED) is 0.567. The van der Waals surface area contributed by atoms with Crippen molar-refractivity contribution in [1.29, 1.82) is 0 Å². The van der Waals surface area contributed by atoms with E-state index in [1.54, 1.807) is 6.92 Å². The number of hydrogen-bond acceptors (Lipinski definition) is 4. The standard InChI is InChI=1S/C9H17N3O2/c1-6(3-10)4-12-5-8(13)11-9(14)7(12)2/h6-7H,3-5,10H2,1-2H3,(H,11,13,14). The molecule has 0 aromatic heterocycles. The van der Waals surface area contributed by atoms with Crippen molar-refractivity contribution < 1.29 is 9.59 Å². The van der Waals surface area contributed by atoms with E-state index in [-0.39, 0.29) is 24.4 Å². The van der Waals surface area contributed by atoms with Crippen LogP contribution in [0, 0.1) is 5.92 Å². The third kappa shape index (κ3) is 2.52. The molecular weight excluding hydrogens is 182 g/mol. The Morgan fingerprint density at radius 1 is 1.64 bits per heavy atom. The van der Waals surface area contributed by atoms with Crippen molar-refractivity contribution in [2.24, 2.45) is 11.7 Å². The lowest BCUT2D eigenvalue weighted by Gasteiger charge is -2.33. The van der Waals surface area contributed by atoms with E-state index in [1.165, 1.54) is 0 Å². The van der Waals surface area contributed by atoms with Crippen molar-refractivity contribution in [2.75, 3.05) is 19.6 Å². The maximum Gasteiger partial charge on any atom is 0.243 e. The fourth-order valence-electron chi connectivity index (χ4n) is 1.47. The van der Waals surface area contributed by atoms with Gasteiger partial charge in [0, 0.05) is 6.54 Å². The molecule has 0 saturated carbocycles. The summed E-state index contributed by atoms with van der Waals surface area (Å²) in [5.74, 6) is -0.140. The minimum absolute atomic E-state index is 0.217. The van der Waals surface area contributed by atoms with Gasteiger partial charge in [-0.1, -0.05) is 6.92 Å². The Balaban J connectivity index is 2.57. The van der Waals surface area contributed by atoms with Crippen molar-refractivity contribution in [2.45, 2.75) is 19.9 Å². The average molecular weight is 199 g/mol. The number of piperazine rings is 1. The highest BCUT2D eigenvalue weighted by Gasteiger charge is 2.30. The van der Waals surface area contributed by atoms with Crippen LogP contribution in [0.1, 0.15) is 13.8 Å². The highest BCUT2D eigenvalue weighted by atomic mass is 16.2. The Labute approximate surface area is 83.6 Å². The van der Waals surface area contributed by atoms with Crippen molar-refractivity contribution in [3.8, 4) is 0 Å². The smallest absolute Gasteiger partial charge is 0.243 e. The summed E-state index contributed by atoms with van der Waals surface area (Å²) in [6, 6.07) is -0.235. The lowest BCUT2D eigenvalue weighted by Crippen LogP contribution is -2.57. The molecule has 2 unspecified atom stereocenters. The number of nitrogens with one attached hydrogen (secondary N) is 1. The first-order valence-electron chi connectivity index (χ1n) is 4.82. The van der Waals surface area contributed by atoms with Gasteiger partial charge >= 0.3 is 0 Å². The summed E-state index contributed by atoms with van der Waals surface area (Å²) >= 11 is 0. The molecule has 0 aliphatic carbocycles. The van der Waals surface area contributed by atoms with Crippen LogP contribution in [0.25, 0.3) is 0 Å². The first-order chi connectivity index (χ1) is 6.54. The van der Waals surface area contributed by atoms with Gasteiger partial charge in [-0.15, -0.1) is 0 Å². The van der Waals surface area contributed by atoms with Crippen LogP contribution in [0.5, 0.6) is 0 Å². The third-order valence-electron chi connectivity index (χ3n) is 2.49. The topological polar surface area (TPSA) is 75.4 Å². The fraction of sp³-hybridized carbons (Fsp3) is 0.778. The number of carbonyl (C=O) groups excluding carboxylic acids is 2. The molecule has 0 aromatic rings. The van der Waals surface area contributed by atoms with E-state index in [1.807, 2.05) is 11.8 Å². The minimum Gasteiger partial charge on any atom is -0.330 e. The summed E-state index contributed by atoms with van der Waals surface area (Å²) in [6.45, 7) is 5.35. The third-order valence-corrected chi connectivity index (χ3v) is 2.49. The molecule has 1 aliphatic rings. The number of nitrogens with zero attached hydrogens (tertiary/aromatic N) is 1. The molecule has 1 heterocycles. The van der Waals surface area contributed by atoms with Crippen LogP contribution in [0.15, 0.2) is 0 Å². The molecule has 0 aromatic carbocycles. The van der Waals surface area contributed by atoms with E-state index in [0.717, 1.165) is 0 Å². The Hall–Kier alpha value is -0.940. The van der Waals surface area contributed by atoms with E-state index in [4.69, 9.17) is 5.73 Å². The highest BCUT2D eigenvalue weighted by Crippen LogP contribution is 2.07. The Bertz CT molecular complexity index is 242. The summed E-state index contributed by atoms with van der Waals surface area (Å²) < 4.78 is 0. The Kier molecular flexibility index (Phi) is 3.60. The molecule has 1 rings (SSSR count). The van der Waals surface area contributed by atoms with Gasteiger partial charge in [-0.3, -0.25) is 19.8 Å². The molecule has 0 bridgehead atoms. The highest BCUT2D eigenvalue weighted by molar-refractivity contribution is 6.00. The van der Waals surface area contributed by atoms with Crippen molar-refractivity contribution in [1.82, 2.24) is 10.2 Å². The second-order valence-corrected chi connectivity index (χ2v) is 3.86. The van der Waals surface area contributed by atoms with Crippen LogP contribution in [-0.4, -0.2) is 42.4 Å². The predicted octanol–water partition coefficient (Wildman–Crippen LogP) is -1.07.